The second-order valence-electron chi connectivity index (χ2n) is 9.37. The summed E-state index contributed by atoms with van der Waals surface area (Å²) in [4.78, 5) is 39.3. The van der Waals surface area contributed by atoms with E-state index in [0.717, 1.165) is 80.5 Å². The number of nitrogens with one attached hydrogen (secondary N) is 1. The summed E-state index contributed by atoms with van der Waals surface area (Å²) in [7, 11) is 0. The third kappa shape index (κ3) is 3.61. The van der Waals surface area contributed by atoms with Crippen LogP contribution >= 0.6 is 0 Å². The predicted molar refractivity (Wildman–Crippen MR) is 122 cm³/mol. The number of hydrogen-bond acceptors (Lipinski definition) is 6. The van der Waals surface area contributed by atoms with Crippen LogP contribution in [0.25, 0.3) is 22.7 Å². The van der Waals surface area contributed by atoms with Gasteiger partial charge in [0.25, 0.3) is 0 Å². The number of amides is 1. The number of likely N-dealkylation sites (tertiary alicyclic amines) is 1. The first-order valence-corrected chi connectivity index (χ1v) is 12.0. The number of aromatic nitrogens is 5. The predicted octanol–water partition coefficient (Wildman–Crippen LogP) is 3.52. The van der Waals surface area contributed by atoms with Gasteiger partial charge in [0.05, 0.1) is 11.4 Å². The van der Waals surface area contributed by atoms with Gasteiger partial charge in [-0.25, -0.2) is 19.9 Å². The van der Waals surface area contributed by atoms with E-state index < -0.39 is 0 Å². The van der Waals surface area contributed by atoms with E-state index in [9.17, 15) is 4.79 Å². The summed E-state index contributed by atoms with van der Waals surface area (Å²) in [6.07, 6.45) is 9.69. The van der Waals surface area contributed by atoms with Crippen LogP contribution in [0.3, 0.4) is 0 Å². The standard InChI is InChI=1S/C24H29N7O/c32-24(30-12-1-2-13-30)17-7-4-14-31(15-17)20-9-8-18-23(28-20)29-22(27-18)19-10-11-25-21(26-19)16-5-3-6-16/h8-11,16-17H,1-7,12-15H2,(H,27,28,29). The minimum Gasteiger partial charge on any atom is -0.356 e. The molecule has 1 aliphatic carbocycles. The van der Waals surface area contributed by atoms with Crippen molar-refractivity contribution in [3.63, 3.8) is 0 Å². The Balaban J connectivity index is 1.22. The van der Waals surface area contributed by atoms with Crippen molar-refractivity contribution >= 4 is 22.9 Å². The lowest BCUT2D eigenvalue weighted by atomic mass is 9.85. The molecule has 8 heteroatoms. The Bertz CT molecular complexity index is 1130. The molecule has 1 saturated carbocycles. The topological polar surface area (TPSA) is 90.9 Å². The molecule has 1 amide bonds. The van der Waals surface area contributed by atoms with Crippen LogP contribution in [0.15, 0.2) is 24.4 Å². The van der Waals surface area contributed by atoms with Gasteiger partial charge in [0, 0.05) is 38.3 Å². The van der Waals surface area contributed by atoms with E-state index in [-0.39, 0.29) is 5.92 Å². The van der Waals surface area contributed by atoms with E-state index in [1.165, 1.54) is 19.3 Å². The first kappa shape index (κ1) is 19.6. The molecule has 5 heterocycles. The summed E-state index contributed by atoms with van der Waals surface area (Å²) in [5.41, 5.74) is 2.40. The summed E-state index contributed by atoms with van der Waals surface area (Å²) in [5.74, 6) is 3.42. The lowest BCUT2D eigenvalue weighted by molar-refractivity contribution is -0.134. The van der Waals surface area contributed by atoms with E-state index in [0.29, 0.717) is 17.5 Å². The van der Waals surface area contributed by atoms with Gasteiger partial charge in [-0.1, -0.05) is 6.42 Å². The Hall–Kier alpha value is -3.03. The molecule has 3 fully saturated rings. The summed E-state index contributed by atoms with van der Waals surface area (Å²) in [6, 6.07) is 5.97. The van der Waals surface area contributed by atoms with E-state index in [4.69, 9.17) is 15.0 Å². The highest BCUT2D eigenvalue weighted by atomic mass is 16.2. The van der Waals surface area contributed by atoms with Crippen LogP contribution in [-0.2, 0) is 4.79 Å². The van der Waals surface area contributed by atoms with Crippen molar-refractivity contribution < 1.29 is 4.79 Å². The smallest absolute Gasteiger partial charge is 0.227 e. The molecule has 0 spiro atoms. The molecule has 6 rings (SSSR count). The molecule has 0 bridgehead atoms. The Kier molecular flexibility index (Phi) is 5.00. The van der Waals surface area contributed by atoms with Gasteiger partial charge in [0.1, 0.15) is 17.3 Å². The lowest BCUT2D eigenvalue weighted by Crippen LogP contribution is -2.44. The Morgan fingerprint density at radius 2 is 1.81 bits per heavy atom. The second kappa shape index (κ2) is 8.15. The lowest BCUT2D eigenvalue weighted by Gasteiger charge is -2.34. The molecule has 0 aromatic carbocycles. The fraction of sp³-hybridized carbons (Fsp3) is 0.542. The maximum Gasteiger partial charge on any atom is 0.227 e. The average molecular weight is 432 g/mol. The first-order chi connectivity index (χ1) is 15.7. The van der Waals surface area contributed by atoms with Crippen molar-refractivity contribution in [2.24, 2.45) is 5.92 Å². The summed E-state index contributed by atoms with van der Waals surface area (Å²) >= 11 is 0. The van der Waals surface area contributed by atoms with Gasteiger partial charge >= 0.3 is 0 Å². The van der Waals surface area contributed by atoms with Crippen molar-refractivity contribution in [3.8, 4) is 11.5 Å². The zero-order valence-electron chi connectivity index (χ0n) is 18.3. The van der Waals surface area contributed by atoms with Gasteiger partial charge in [-0.2, -0.15) is 0 Å². The Labute approximate surface area is 187 Å². The van der Waals surface area contributed by atoms with Crippen LogP contribution in [0.4, 0.5) is 5.82 Å². The SMILES string of the molecule is O=C(C1CCCN(c2ccc3[nH]c(-c4ccnc(C5CCC5)n4)nc3n2)C1)N1CCCC1. The maximum absolute atomic E-state index is 12.9. The van der Waals surface area contributed by atoms with Crippen molar-refractivity contribution in [2.75, 3.05) is 31.1 Å². The van der Waals surface area contributed by atoms with Crippen molar-refractivity contribution in [3.05, 3.63) is 30.2 Å². The summed E-state index contributed by atoms with van der Waals surface area (Å²) in [5, 5.41) is 0. The number of H-pyrrole nitrogens is 1. The molecule has 3 aromatic rings. The minimum absolute atomic E-state index is 0.0695. The minimum atomic E-state index is 0.0695. The van der Waals surface area contributed by atoms with Crippen LogP contribution in [-0.4, -0.2) is 61.9 Å². The van der Waals surface area contributed by atoms with Gasteiger partial charge in [-0.3, -0.25) is 4.79 Å². The van der Waals surface area contributed by atoms with E-state index in [1.807, 2.05) is 29.3 Å². The highest BCUT2D eigenvalue weighted by Crippen LogP contribution is 2.34. The van der Waals surface area contributed by atoms with Crippen LogP contribution < -0.4 is 4.90 Å². The van der Waals surface area contributed by atoms with Crippen molar-refractivity contribution in [1.82, 2.24) is 29.8 Å². The zero-order valence-corrected chi connectivity index (χ0v) is 18.3. The van der Waals surface area contributed by atoms with Gasteiger partial charge < -0.3 is 14.8 Å². The highest BCUT2D eigenvalue weighted by molar-refractivity contribution is 5.80. The fourth-order valence-corrected chi connectivity index (χ4v) is 5.13. The molecule has 32 heavy (non-hydrogen) atoms. The van der Waals surface area contributed by atoms with Crippen LogP contribution in [0.1, 0.15) is 56.7 Å². The molecule has 2 aliphatic heterocycles. The monoisotopic (exact) mass is 431 g/mol. The van der Waals surface area contributed by atoms with Crippen LogP contribution in [0, 0.1) is 5.92 Å². The molecule has 1 N–H and O–H groups in total. The van der Waals surface area contributed by atoms with Crippen LogP contribution in [0.2, 0.25) is 0 Å². The molecule has 8 nitrogen and oxygen atoms in total. The van der Waals surface area contributed by atoms with E-state index in [2.05, 4.69) is 14.9 Å². The van der Waals surface area contributed by atoms with E-state index in [1.54, 1.807) is 0 Å². The molecule has 166 valence electrons. The number of nitrogens with zero attached hydrogens (tertiary/aromatic N) is 6. The third-order valence-electron chi connectivity index (χ3n) is 7.23. The molecule has 2 saturated heterocycles. The zero-order chi connectivity index (χ0) is 21.5. The fourth-order valence-electron chi connectivity index (χ4n) is 5.13. The quantitative estimate of drug-likeness (QED) is 0.680. The molecule has 3 aromatic heterocycles. The molecule has 0 radical (unpaired) electrons. The second-order valence-corrected chi connectivity index (χ2v) is 9.37. The maximum atomic E-state index is 12.9. The number of rotatable bonds is 4. The number of fused-ring (bicyclic) bond motifs is 1. The van der Waals surface area contributed by atoms with Gasteiger partial charge in [0.15, 0.2) is 11.5 Å². The van der Waals surface area contributed by atoms with Gasteiger partial charge in [-0.05, 0) is 56.7 Å². The largest absolute Gasteiger partial charge is 0.356 e. The summed E-state index contributed by atoms with van der Waals surface area (Å²) < 4.78 is 0. The number of aromatic amines is 1. The number of piperidine rings is 1. The Morgan fingerprint density at radius 3 is 2.62 bits per heavy atom. The normalized spacial score (nSPS) is 21.8. The number of hydrogen-bond donors (Lipinski definition) is 1. The molecule has 1 unspecified atom stereocenters. The molecule has 3 aliphatic rings. The number of anilines is 1. The molecular formula is C24H29N7O. The number of carbonyl (C=O) groups is 1. The number of pyridine rings is 1. The number of imidazole rings is 1. The Morgan fingerprint density at radius 1 is 0.938 bits per heavy atom. The highest BCUT2D eigenvalue weighted by Gasteiger charge is 2.31. The molecular weight excluding hydrogens is 402 g/mol. The summed E-state index contributed by atoms with van der Waals surface area (Å²) in [6.45, 7) is 3.50. The van der Waals surface area contributed by atoms with Crippen LogP contribution in [0.5, 0.6) is 0 Å². The first-order valence-electron chi connectivity index (χ1n) is 12.0. The number of carbonyl (C=O) groups excluding carboxylic acids is 1. The van der Waals surface area contributed by atoms with E-state index >= 15 is 0 Å². The van der Waals surface area contributed by atoms with Gasteiger partial charge in [-0.15, -0.1) is 0 Å². The van der Waals surface area contributed by atoms with Crippen molar-refractivity contribution in [2.45, 2.75) is 50.9 Å². The van der Waals surface area contributed by atoms with Gasteiger partial charge in [0.2, 0.25) is 5.91 Å². The van der Waals surface area contributed by atoms with Crippen molar-refractivity contribution in [1.29, 1.82) is 0 Å². The third-order valence-corrected chi connectivity index (χ3v) is 7.23. The average Bonchev–Trinajstić information content (AvgIpc) is 3.47. The molecule has 1 atom stereocenters.